The number of benzene rings is 2. The summed E-state index contributed by atoms with van der Waals surface area (Å²) in [5, 5.41) is 4.51. The minimum Gasteiger partial charge on any atom is -0.493 e. The van der Waals surface area contributed by atoms with Gasteiger partial charge in [-0.15, -0.1) is 0 Å². The first-order valence-electron chi connectivity index (χ1n) is 6.49. The Morgan fingerprint density at radius 2 is 1.57 bits per heavy atom. The molecule has 0 aliphatic rings. The molecular weight excluding hydrogens is 309 g/mol. The van der Waals surface area contributed by atoms with Crippen LogP contribution >= 0.6 is 23.2 Å². The molecule has 5 heteroatoms. The second kappa shape index (κ2) is 6.92. The first-order valence-corrected chi connectivity index (χ1v) is 7.25. The van der Waals surface area contributed by atoms with Crippen LogP contribution in [-0.4, -0.2) is 14.2 Å². The molecule has 0 radical (unpaired) electrons. The molecule has 1 unspecified atom stereocenters. The number of anilines is 1. The van der Waals surface area contributed by atoms with Crippen molar-refractivity contribution in [3.63, 3.8) is 0 Å². The lowest BCUT2D eigenvalue weighted by atomic mass is 10.1. The Morgan fingerprint density at radius 1 is 0.952 bits per heavy atom. The van der Waals surface area contributed by atoms with Crippen molar-refractivity contribution in [3.8, 4) is 11.5 Å². The molecule has 0 aliphatic heterocycles. The molecule has 1 N–H and O–H groups in total. The van der Waals surface area contributed by atoms with Gasteiger partial charge in [-0.05, 0) is 36.8 Å². The highest BCUT2D eigenvalue weighted by Crippen LogP contribution is 2.35. The Labute approximate surface area is 134 Å². The molecule has 112 valence electrons. The zero-order valence-corrected chi connectivity index (χ0v) is 13.6. The Hall–Kier alpha value is -1.58. The number of halogens is 2. The monoisotopic (exact) mass is 325 g/mol. The largest absolute Gasteiger partial charge is 0.493 e. The van der Waals surface area contributed by atoms with Gasteiger partial charge >= 0.3 is 0 Å². The molecule has 3 nitrogen and oxygen atoms in total. The van der Waals surface area contributed by atoms with E-state index in [2.05, 4.69) is 5.32 Å². The molecule has 21 heavy (non-hydrogen) atoms. The van der Waals surface area contributed by atoms with Crippen LogP contribution in [0.5, 0.6) is 11.5 Å². The van der Waals surface area contributed by atoms with Crippen LogP contribution < -0.4 is 14.8 Å². The summed E-state index contributed by atoms with van der Waals surface area (Å²) in [5.74, 6) is 1.39. The highest BCUT2D eigenvalue weighted by Gasteiger charge is 2.13. The van der Waals surface area contributed by atoms with E-state index in [1.54, 1.807) is 26.4 Å². The van der Waals surface area contributed by atoms with E-state index < -0.39 is 0 Å². The molecule has 0 saturated carbocycles. The summed E-state index contributed by atoms with van der Waals surface area (Å²) in [6.45, 7) is 2.03. The van der Waals surface area contributed by atoms with Gasteiger partial charge in [-0.1, -0.05) is 35.3 Å². The number of hydrogen-bond donors (Lipinski definition) is 1. The minimum atomic E-state index is 0.0159. The second-order valence-electron chi connectivity index (χ2n) is 4.58. The zero-order chi connectivity index (χ0) is 15.4. The Balaban J connectivity index is 2.26. The molecule has 0 spiro atoms. The van der Waals surface area contributed by atoms with Gasteiger partial charge in [0.25, 0.3) is 0 Å². The maximum atomic E-state index is 6.18. The van der Waals surface area contributed by atoms with Crippen molar-refractivity contribution >= 4 is 28.9 Å². The molecular formula is C16H17Cl2NO2. The van der Waals surface area contributed by atoms with Crippen LogP contribution in [0.4, 0.5) is 5.69 Å². The maximum Gasteiger partial charge on any atom is 0.161 e. The average Bonchev–Trinajstić information content (AvgIpc) is 2.50. The van der Waals surface area contributed by atoms with Crippen LogP contribution in [0.15, 0.2) is 36.4 Å². The number of nitrogens with one attached hydrogen (secondary N) is 1. The maximum absolute atomic E-state index is 6.18. The van der Waals surface area contributed by atoms with E-state index in [9.17, 15) is 0 Å². The quantitative estimate of drug-likeness (QED) is 0.821. The molecule has 1 atom stereocenters. The molecule has 0 aliphatic carbocycles. The summed E-state index contributed by atoms with van der Waals surface area (Å²) in [4.78, 5) is 0. The molecule has 0 fully saturated rings. The van der Waals surface area contributed by atoms with Crippen LogP contribution in [0.1, 0.15) is 18.5 Å². The van der Waals surface area contributed by atoms with Crippen LogP contribution in [-0.2, 0) is 0 Å². The van der Waals surface area contributed by atoms with E-state index in [4.69, 9.17) is 32.7 Å². The van der Waals surface area contributed by atoms with Gasteiger partial charge in [0.05, 0.1) is 30.0 Å². The number of rotatable bonds is 5. The van der Waals surface area contributed by atoms with Gasteiger partial charge < -0.3 is 14.8 Å². The van der Waals surface area contributed by atoms with Crippen LogP contribution in [0.25, 0.3) is 0 Å². The minimum absolute atomic E-state index is 0.0159. The fourth-order valence-corrected chi connectivity index (χ4v) is 2.56. The fraction of sp³-hybridized carbons (Fsp3) is 0.250. The van der Waals surface area contributed by atoms with Crippen molar-refractivity contribution in [1.82, 2.24) is 0 Å². The van der Waals surface area contributed by atoms with Gasteiger partial charge in [-0.3, -0.25) is 0 Å². The van der Waals surface area contributed by atoms with Gasteiger partial charge in [0.15, 0.2) is 11.5 Å². The van der Waals surface area contributed by atoms with Crippen molar-refractivity contribution in [2.24, 2.45) is 0 Å². The lowest BCUT2D eigenvalue weighted by molar-refractivity contribution is 0.354. The highest BCUT2D eigenvalue weighted by molar-refractivity contribution is 6.39. The fourth-order valence-electron chi connectivity index (χ4n) is 2.06. The third-order valence-corrected chi connectivity index (χ3v) is 3.86. The normalized spacial score (nSPS) is 11.9. The van der Waals surface area contributed by atoms with Crippen LogP contribution in [0, 0.1) is 0 Å². The van der Waals surface area contributed by atoms with Gasteiger partial charge in [0, 0.05) is 6.04 Å². The lowest BCUT2D eigenvalue weighted by Gasteiger charge is -2.19. The number of para-hydroxylation sites is 1. The molecule has 2 aromatic carbocycles. The van der Waals surface area contributed by atoms with Gasteiger partial charge in [0.1, 0.15) is 0 Å². The molecule has 0 bridgehead atoms. The standard InChI is InChI=1S/C16H17Cl2NO2/c1-10(19-16-12(17)5-4-6-13(16)18)11-7-8-14(20-2)15(9-11)21-3/h4-10,19H,1-3H3. The van der Waals surface area contributed by atoms with Crippen molar-refractivity contribution < 1.29 is 9.47 Å². The third kappa shape index (κ3) is 3.55. The first kappa shape index (κ1) is 15.8. The smallest absolute Gasteiger partial charge is 0.161 e. The number of ether oxygens (including phenoxy) is 2. The Bertz CT molecular complexity index is 611. The summed E-state index contributed by atoms with van der Waals surface area (Å²) in [7, 11) is 3.23. The van der Waals surface area contributed by atoms with Crippen LogP contribution in [0.3, 0.4) is 0 Å². The van der Waals surface area contributed by atoms with Crippen LogP contribution in [0.2, 0.25) is 10.0 Å². The second-order valence-corrected chi connectivity index (χ2v) is 5.39. The van der Waals surface area contributed by atoms with E-state index in [-0.39, 0.29) is 6.04 Å². The molecule has 2 rings (SSSR count). The number of methoxy groups -OCH3 is 2. The van der Waals surface area contributed by atoms with E-state index in [1.165, 1.54) is 0 Å². The Kier molecular flexibility index (Phi) is 5.21. The molecule has 2 aromatic rings. The predicted molar refractivity (Wildman–Crippen MR) is 88.0 cm³/mol. The summed E-state index contributed by atoms with van der Waals surface area (Å²) in [6.07, 6.45) is 0. The summed E-state index contributed by atoms with van der Waals surface area (Å²) < 4.78 is 10.6. The van der Waals surface area contributed by atoms with E-state index in [1.807, 2.05) is 31.2 Å². The van der Waals surface area contributed by atoms with E-state index >= 15 is 0 Å². The SMILES string of the molecule is COc1ccc(C(C)Nc2c(Cl)cccc2Cl)cc1OC. The van der Waals surface area contributed by atoms with Gasteiger partial charge in [-0.25, -0.2) is 0 Å². The summed E-state index contributed by atoms with van der Waals surface area (Å²) in [5.41, 5.74) is 1.77. The van der Waals surface area contributed by atoms with E-state index in [0.29, 0.717) is 21.5 Å². The number of hydrogen-bond acceptors (Lipinski definition) is 3. The highest BCUT2D eigenvalue weighted by atomic mass is 35.5. The third-order valence-electron chi connectivity index (χ3n) is 3.23. The lowest BCUT2D eigenvalue weighted by Crippen LogP contribution is -2.08. The van der Waals surface area contributed by atoms with E-state index in [0.717, 1.165) is 11.3 Å². The first-order chi connectivity index (χ1) is 10.1. The molecule has 0 aromatic heterocycles. The van der Waals surface area contributed by atoms with Crippen molar-refractivity contribution in [3.05, 3.63) is 52.0 Å². The predicted octanol–water partition coefficient (Wildman–Crippen LogP) is 5.18. The Morgan fingerprint density at radius 3 is 2.14 bits per heavy atom. The summed E-state index contributed by atoms with van der Waals surface area (Å²) >= 11 is 12.4. The van der Waals surface area contributed by atoms with Gasteiger partial charge in [-0.2, -0.15) is 0 Å². The molecule has 0 amide bonds. The average molecular weight is 326 g/mol. The molecule has 0 saturated heterocycles. The summed E-state index contributed by atoms with van der Waals surface area (Å²) in [6, 6.07) is 11.2. The van der Waals surface area contributed by atoms with Gasteiger partial charge in [0.2, 0.25) is 0 Å². The van der Waals surface area contributed by atoms with Crippen molar-refractivity contribution in [2.45, 2.75) is 13.0 Å². The zero-order valence-electron chi connectivity index (χ0n) is 12.1. The van der Waals surface area contributed by atoms with Crippen molar-refractivity contribution in [2.75, 3.05) is 19.5 Å². The van der Waals surface area contributed by atoms with Crippen molar-refractivity contribution in [1.29, 1.82) is 0 Å². The molecule has 0 heterocycles. The topological polar surface area (TPSA) is 30.5 Å².